The molecule has 1 saturated heterocycles. The normalized spacial score (nSPS) is 20.3. The summed E-state index contributed by atoms with van der Waals surface area (Å²) in [7, 11) is 0. The second-order valence-corrected chi connectivity index (χ2v) is 7.81. The zero-order valence-electron chi connectivity index (χ0n) is 14.9. The van der Waals surface area contributed by atoms with Gasteiger partial charge in [-0.3, -0.25) is 10.1 Å². The quantitative estimate of drug-likeness (QED) is 0.616. The summed E-state index contributed by atoms with van der Waals surface area (Å²) in [6, 6.07) is 4.05. The molecule has 0 unspecified atom stereocenters. The van der Waals surface area contributed by atoms with Crippen LogP contribution in [0.15, 0.2) is 23.9 Å². The number of hydrogen-bond donors (Lipinski definition) is 2. The molecule has 2 aliphatic rings. The van der Waals surface area contributed by atoms with Crippen LogP contribution in [0.25, 0.3) is 11.6 Å². The van der Waals surface area contributed by atoms with Gasteiger partial charge in [-0.15, -0.1) is 0 Å². The number of carbonyl (C=O) groups excluding carboxylic acids is 1. The first kappa shape index (κ1) is 18.0. The Morgan fingerprint density at radius 3 is 2.64 bits per heavy atom. The molecule has 1 aromatic carbocycles. The lowest BCUT2D eigenvalue weighted by Gasteiger charge is -2.43. The summed E-state index contributed by atoms with van der Waals surface area (Å²) in [4.78, 5) is 14.3. The summed E-state index contributed by atoms with van der Waals surface area (Å²) in [5, 5.41) is 6.36. The molecule has 3 rings (SSSR count). The molecular weight excluding hydrogens is 354 g/mol. The van der Waals surface area contributed by atoms with Crippen molar-refractivity contribution in [2.45, 2.75) is 39.7 Å². The van der Waals surface area contributed by atoms with Crippen LogP contribution >= 0.6 is 23.8 Å². The standard InChI is InChI=1S/C19H22ClN3OS/c1-5-6-23-16-9-14(20)12(8-15-17(24)22-18(25)21-15)7-13(16)11(2)10-19(23,3)4/h7-10H,5-6H2,1-4H3,(H2,21,22,24,25)/b15-8-. The number of hydrogen-bond acceptors (Lipinski definition) is 3. The third-order valence-corrected chi connectivity index (χ3v) is 5.09. The van der Waals surface area contributed by atoms with Crippen LogP contribution < -0.4 is 15.5 Å². The highest BCUT2D eigenvalue weighted by atomic mass is 35.5. The summed E-state index contributed by atoms with van der Waals surface area (Å²) >= 11 is 11.5. The van der Waals surface area contributed by atoms with E-state index >= 15 is 0 Å². The van der Waals surface area contributed by atoms with E-state index < -0.39 is 0 Å². The van der Waals surface area contributed by atoms with Gasteiger partial charge in [0.1, 0.15) is 5.70 Å². The lowest BCUT2D eigenvalue weighted by Crippen LogP contribution is -2.45. The molecule has 4 nitrogen and oxygen atoms in total. The van der Waals surface area contributed by atoms with Gasteiger partial charge in [-0.25, -0.2) is 0 Å². The Hall–Kier alpha value is -1.85. The highest BCUT2D eigenvalue weighted by Gasteiger charge is 2.31. The van der Waals surface area contributed by atoms with Crippen molar-refractivity contribution in [1.29, 1.82) is 0 Å². The highest BCUT2D eigenvalue weighted by molar-refractivity contribution is 7.80. The summed E-state index contributed by atoms with van der Waals surface area (Å²) in [5.41, 5.74) is 4.64. The Morgan fingerprint density at radius 2 is 2.04 bits per heavy atom. The van der Waals surface area contributed by atoms with Gasteiger partial charge in [-0.2, -0.15) is 0 Å². The molecule has 0 spiro atoms. The Kier molecular flexibility index (Phi) is 4.64. The number of nitrogens with zero attached hydrogens (tertiary/aromatic N) is 1. The third-order valence-electron chi connectivity index (χ3n) is 4.56. The summed E-state index contributed by atoms with van der Waals surface area (Å²) in [5.74, 6) is -0.236. The smallest absolute Gasteiger partial charge is 0.273 e. The minimum absolute atomic E-state index is 0.0600. The fraction of sp³-hybridized carbons (Fsp3) is 0.368. The number of fused-ring (bicyclic) bond motifs is 1. The monoisotopic (exact) mass is 375 g/mol. The van der Waals surface area contributed by atoms with Gasteiger partial charge in [0, 0.05) is 22.8 Å². The minimum Gasteiger partial charge on any atom is -0.362 e. The number of thiocarbonyl (C=S) groups is 1. The maximum Gasteiger partial charge on any atom is 0.273 e. The molecule has 2 N–H and O–H groups in total. The molecule has 6 heteroatoms. The Morgan fingerprint density at radius 1 is 1.32 bits per heavy atom. The van der Waals surface area contributed by atoms with E-state index in [0.717, 1.165) is 29.8 Å². The van der Waals surface area contributed by atoms with Gasteiger partial charge in [0.2, 0.25) is 0 Å². The van der Waals surface area contributed by atoms with E-state index in [-0.39, 0.29) is 11.4 Å². The molecule has 0 bridgehead atoms. The molecule has 2 heterocycles. The Balaban J connectivity index is 2.10. The van der Waals surface area contributed by atoms with Gasteiger partial charge in [-0.05, 0) is 68.8 Å². The number of allylic oxidation sites excluding steroid dienone is 1. The van der Waals surface area contributed by atoms with Crippen molar-refractivity contribution in [3.05, 3.63) is 40.1 Å². The van der Waals surface area contributed by atoms with Gasteiger partial charge in [0.05, 0.1) is 5.54 Å². The van der Waals surface area contributed by atoms with Gasteiger partial charge >= 0.3 is 0 Å². The van der Waals surface area contributed by atoms with E-state index in [1.165, 1.54) is 5.57 Å². The molecule has 0 aliphatic carbocycles. The number of halogens is 1. The average Bonchev–Trinajstić information content (AvgIpc) is 2.82. The zero-order chi connectivity index (χ0) is 18.4. The molecule has 1 aromatic rings. The van der Waals surface area contributed by atoms with E-state index in [4.69, 9.17) is 23.8 Å². The number of carbonyl (C=O) groups is 1. The molecule has 0 aromatic heterocycles. The first-order chi connectivity index (χ1) is 11.7. The van der Waals surface area contributed by atoms with E-state index in [1.807, 2.05) is 12.1 Å². The third kappa shape index (κ3) is 3.31. The largest absolute Gasteiger partial charge is 0.362 e. The SMILES string of the molecule is CCCN1c2cc(Cl)c(/C=C3\NC(=S)NC3=O)cc2C(C)=CC1(C)C. The van der Waals surface area contributed by atoms with Gasteiger partial charge in [-0.1, -0.05) is 24.6 Å². The molecule has 1 amide bonds. The highest BCUT2D eigenvalue weighted by Crippen LogP contribution is 2.41. The Labute approximate surface area is 158 Å². The predicted molar refractivity (Wildman–Crippen MR) is 109 cm³/mol. The zero-order valence-corrected chi connectivity index (χ0v) is 16.4. The molecule has 25 heavy (non-hydrogen) atoms. The Bertz CT molecular complexity index is 826. The molecule has 132 valence electrons. The summed E-state index contributed by atoms with van der Waals surface area (Å²) in [6.07, 6.45) is 5.08. The van der Waals surface area contributed by atoms with Crippen molar-refractivity contribution in [2.24, 2.45) is 0 Å². The van der Waals surface area contributed by atoms with Crippen LogP contribution in [0.4, 0.5) is 5.69 Å². The van der Waals surface area contributed by atoms with Crippen molar-refractivity contribution in [1.82, 2.24) is 10.6 Å². The molecule has 0 radical (unpaired) electrons. The number of amides is 1. The van der Waals surface area contributed by atoms with Crippen LogP contribution in [0.5, 0.6) is 0 Å². The number of nitrogens with one attached hydrogen (secondary N) is 2. The fourth-order valence-electron chi connectivity index (χ4n) is 3.50. The molecule has 1 fully saturated rings. The minimum atomic E-state index is -0.236. The second-order valence-electron chi connectivity index (χ2n) is 6.99. The van der Waals surface area contributed by atoms with Gasteiger partial charge in [0.15, 0.2) is 5.11 Å². The summed E-state index contributed by atoms with van der Waals surface area (Å²) < 4.78 is 0. The van der Waals surface area contributed by atoms with Crippen molar-refractivity contribution >= 4 is 52.2 Å². The molecule has 0 atom stereocenters. The van der Waals surface area contributed by atoms with E-state index in [1.54, 1.807) is 6.08 Å². The maximum atomic E-state index is 11.9. The topological polar surface area (TPSA) is 44.4 Å². The fourth-order valence-corrected chi connectivity index (χ4v) is 3.91. The van der Waals surface area contributed by atoms with Crippen LogP contribution in [0.3, 0.4) is 0 Å². The van der Waals surface area contributed by atoms with Crippen molar-refractivity contribution in [3.8, 4) is 0 Å². The maximum absolute atomic E-state index is 11.9. The van der Waals surface area contributed by atoms with Crippen LogP contribution in [0.2, 0.25) is 5.02 Å². The molecular formula is C19H22ClN3OS. The number of anilines is 1. The van der Waals surface area contributed by atoms with E-state index in [0.29, 0.717) is 15.8 Å². The second kappa shape index (κ2) is 6.46. The lowest BCUT2D eigenvalue weighted by atomic mass is 9.87. The first-order valence-corrected chi connectivity index (χ1v) is 9.16. The molecule has 0 saturated carbocycles. The van der Waals surface area contributed by atoms with Crippen LogP contribution in [-0.2, 0) is 4.79 Å². The van der Waals surface area contributed by atoms with E-state index in [2.05, 4.69) is 49.3 Å². The average molecular weight is 376 g/mol. The predicted octanol–water partition coefficient (Wildman–Crippen LogP) is 4.10. The van der Waals surface area contributed by atoms with Crippen LogP contribution in [0.1, 0.15) is 45.2 Å². The number of benzene rings is 1. The lowest BCUT2D eigenvalue weighted by molar-refractivity contribution is -0.115. The van der Waals surface area contributed by atoms with Gasteiger partial charge < -0.3 is 10.2 Å². The molecule has 2 aliphatic heterocycles. The van der Waals surface area contributed by atoms with Gasteiger partial charge in [0.25, 0.3) is 5.91 Å². The summed E-state index contributed by atoms with van der Waals surface area (Å²) in [6.45, 7) is 9.68. The van der Waals surface area contributed by atoms with Crippen molar-refractivity contribution in [2.75, 3.05) is 11.4 Å². The van der Waals surface area contributed by atoms with Crippen molar-refractivity contribution < 1.29 is 4.79 Å². The first-order valence-electron chi connectivity index (χ1n) is 8.38. The van der Waals surface area contributed by atoms with E-state index in [9.17, 15) is 4.79 Å². The van der Waals surface area contributed by atoms with Crippen molar-refractivity contribution in [3.63, 3.8) is 0 Å². The van der Waals surface area contributed by atoms with Crippen LogP contribution in [-0.4, -0.2) is 23.1 Å². The van der Waals surface area contributed by atoms with Crippen LogP contribution in [0, 0.1) is 0 Å². The number of rotatable bonds is 3.